The van der Waals surface area contributed by atoms with Gasteiger partial charge in [-0.3, -0.25) is 14.7 Å². The number of nitrogens with two attached hydrogens (primary N) is 1. The van der Waals surface area contributed by atoms with Gasteiger partial charge in [0.05, 0.1) is 18.7 Å². The molecule has 5 atom stereocenters. The molecule has 5 rings (SSSR count). The monoisotopic (exact) mass is 381 g/mol. The normalized spacial score (nSPS) is 27.5. The van der Waals surface area contributed by atoms with Gasteiger partial charge >= 0.3 is 0 Å². The molecule has 2 N–H and O–H groups in total. The maximum Gasteiger partial charge on any atom is 0.243 e. The van der Waals surface area contributed by atoms with Crippen molar-refractivity contribution >= 4 is 16.8 Å². The summed E-state index contributed by atoms with van der Waals surface area (Å²) in [4.78, 5) is 18.4. The van der Waals surface area contributed by atoms with E-state index < -0.39 is 5.91 Å². The molecular weight excluding hydrogens is 354 g/mol. The Bertz CT molecular complexity index is 884. The molecule has 2 unspecified atom stereocenters. The number of benzene rings is 1. The Labute approximate surface area is 165 Å². The molecule has 4 heterocycles. The van der Waals surface area contributed by atoms with Crippen molar-refractivity contribution in [3.05, 3.63) is 48.7 Å². The molecule has 3 aliphatic rings. The van der Waals surface area contributed by atoms with E-state index in [0.717, 1.165) is 41.7 Å². The molecule has 0 aliphatic carbocycles. The molecule has 148 valence electrons. The second kappa shape index (κ2) is 7.89. The third-order valence-electron chi connectivity index (χ3n) is 6.20. The molecule has 3 fully saturated rings. The number of carbonyl (C=O) groups is 1. The minimum Gasteiger partial charge on any atom is -0.497 e. The van der Waals surface area contributed by atoms with Crippen molar-refractivity contribution < 1.29 is 14.3 Å². The zero-order chi connectivity index (χ0) is 19.7. The van der Waals surface area contributed by atoms with Gasteiger partial charge in [0.2, 0.25) is 5.91 Å². The zero-order valence-electron chi connectivity index (χ0n) is 16.2. The molecule has 3 saturated heterocycles. The highest BCUT2D eigenvalue weighted by atomic mass is 16.5. The first-order valence-corrected chi connectivity index (χ1v) is 9.80. The third kappa shape index (κ3) is 3.50. The molecule has 1 amide bonds. The lowest BCUT2D eigenvalue weighted by Gasteiger charge is -2.51. The van der Waals surface area contributed by atoms with Crippen LogP contribution in [0.4, 0.5) is 0 Å². The maximum absolute atomic E-state index is 11.5. The summed E-state index contributed by atoms with van der Waals surface area (Å²) in [6, 6.07) is 8.03. The first-order chi connectivity index (χ1) is 13.6. The number of hydrogen-bond donors (Lipinski definition) is 1. The van der Waals surface area contributed by atoms with E-state index in [1.54, 1.807) is 13.3 Å². The summed E-state index contributed by atoms with van der Waals surface area (Å²) in [6.07, 6.45) is 5.83. The second-order valence-corrected chi connectivity index (χ2v) is 7.73. The molecule has 0 saturated carbocycles. The van der Waals surface area contributed by atoms with E-state index >= 15 is 0 Å². The van der Waals surface area contributed by atoms with Crippen LogP contribution in [-0.4, -0.2) is 48.6 Å². The topological polar surface area (TPSA) is 77.7 Å². The molecule has 3 aliphatic heterocycles. The molecular formula is C22H27N3O3. The van der Waals surface area contributed by atoms with Gasteiger partial charge in [-0.15, -0.1) is 6.58 Å². The highest BCUT2D eigenvalue weighted by Crippen LogP contribution is 2.43. The smallest absolute Gasteiger partial charge is 0.243 e. The highest BCUT2D eigenvalue weighted by molar-refractivity contribution is 5.84. The molecule has 0 radical (unpaired) electrons. The van der Waals surface area contributed by atoms with Crippen molar-refractivity contribution in [1.29, 1.82) is 0 Å². The number of ether oxygens (including phenoxy) is 2. The number of aromatic nitrogens is 1. The number of hydrogen-bond acceptors (Lipinski definition) is 5. The Kier molecular flexibility index (Phi) is 5.33. The van der Waals surface area contributed by atoms with Gasteiger partial charge in [-0.1, -0.05) is 6.08 Å². The molecule has 28 heavy (non-hydrogen) atoms. The number of piperidine rings is 3. The maximum atomic E-state index is 11.5. The molecule has 2 aromatic rings. The Morgan fingerprint density at radius 3 is 3.00 bits per heavy atom. The van der Waals surface area contributed by atoms with Crippen molar-refractivity contribution in [2.75, 3.05) is 26.8 Å². The van der Waals surface area contributed by atoms with Crippen LogP contribution in [0.2, 0.25) is 0 Å². The summed E-state index contributed by atoms with van der Waals surface area (Å²) >= 11 is 0. The zero-order valence-corrected chi connectivity index (χ0v) is 16.2. The average molecular weight is 381 g/mol. The van der Waals surface area contributed by atoms with E-state index in [1.807, 2.05) is 24.3 Å². The van der Waals surface area contributed by atoms with Gasteiger partial charge in [0.15, 0.2) is 0 Å². The minimum absolute atomic E-state index is 0.0989. The largest absolute Gasteiger partial charge is 0.497 e. The lowest BCUT2D eigenvalue weighted by Crippen LogP contribution is -2.55. The lowest BCUT2D eigenvalue weighted by molar-refractivity contribution is -0.129. The standard InChI is InChI=1S/C22H27N3O3/c1-3-14-12-25-9-7-15(14)10-20(25)22(28-13-21(23)26)17-6-8-24-19-5-4-16(27-2)11-18(17)19/h3-6,8,11,14-15,20,22H,1,7,9-10,12-13H2,2H3,(H2,23,26)/t14-,15?,20-,22+/m0/s1. The van der Waals surface area contributed by atoms with Crippen LogP contribution in [0.3, 0.4) is 0 Å². The predicted molar refractivity (Wildman–Crippen MR) is 108 cm³/mol. The van der Waals surface area contributed by atoms with Gasteiger partial charge in [-0.05, 0) is 61.1 Å². The minimum atomic E-state index is -0.458. The van der Waals surface area contributed by atoms with Gasteiger partial charge in [0.25, 0.3) is 0 Å². The molecule has 1 aromatic carbocycles. The van der Waals surface area contributed by atoms with Crippen LogP contribution in [0, 0.1) is 11.8 Å². The molecule has 1 aromatic heterocycles. The molecule has 6 nitrogen and oxygen atoms in total. The van der Waals surface area contributed by atoms with Crippen molar-refractivity contribution in [2.45, 2.75) is 25.0 Å². The van der Waals surface area contributed by atoms with Crippen LogP contribution >= 0.6 is 0 Å². The SMILES string of the molecule is C=C[C@H]1CN2CCC1C[C@H]2[C@H](OCC(N)=O)c1ccnc2ccc(OC)cc12. The van der Waals surface area contributed by atoms with E-state index in [-0.39, 0.29) is 18.8 Å². The Morgan fingerprint density at radius 2 is 2.32 bits per heavy atom. The van der Waals surface area contributed by atoms with E-state index in [0.29, 0.717) is 11.8 Å². The Hall–Kier alpha value is -2.44. The van der Waals surface area contributed by atoms with Crippen LogP contribution in [0.1, 0.15) is 24.5 Å². The predicted octanol–water partition coefficient (Wildman–Crippen LogP) is 2.68. The number of fused-ring (bicyclic) bond motifs is 4. The van der Waals surface area contributed by atoms with Gasteiger partial charge in [-0.2, -0.15) is 0 Å². The summed E-state index contributed by atoms with van der Waals surface area (Å²) in [5, 5.41) is 0.985. The second-order valence-electron chi connectivity index (χ2n) is 7.73. The first-order valence-electron chi connectivity index (χ1n) is 9.80. The van der Waals surface area contributed by atoms with E-state index in [9.17, 15) is 4.79 Å². The van der Waals surface area contributed by atoms with Crippen LogP contribution in [0.5, 0.6) is 5.75 Å². The van der Waals surface area contributed by atoms with E-state index in [1.165, 1.54) is 6.42 Å². The fourth-order valence-electron chi connectivity index (χ4n) is 4.79. The summed E-state index contributed by atoms with van der Waals surface area (Å²) < 4.78 is 11.5. The molecule has 0 spiro atoms. The average Bonchev–Trinajstić information content (AvgIpc) is 2.73. The van der Waals surface area contributed by atoms with Gasteiger partial charge in [0.1, 0.15) is 12.4 Å². The Balaban J connectivity index is 1.74. The number of primary amides is 1. The number of pyridine rings is 1. The van der Waals surface area contributed by atoms with Crippen molar-refractivity contribution in [1.82, 2.24) is 9.88 Å². The number of amides is 1. The number of carbonyl (C=O) groups excluding carboxylic acids is 1. The summed E-state index contributed by atoms with van der Waals surface area (Å²) in [6.45, 7) is 5.94. The quantitative estimate of drug-likeness (QED) is 0.746. The van der Waals surface area contributed by atoms with Crippen molar-refractivity contribution in [2.24, 2.45) is 17.6 Å². The highest BCUT2D eigenvalue weighted by Gasteiger charge is 2.43. The number of rotatable bonds is 7. The Morgan fingerprint density at radius 1 is 1.46 bits per heavy atom. The van der Waals surface area contributed by atoms with Gasteiger partial charge in [-0.25, -0.2) is 0 Å². The fourth-order valence-corrected chi connectivity index (χ4v) is 4.79. The van der Waals surface area contributed by atoms with E-state index in [4.69, 9.17) is 15.2 Å². The first kappa shape index (κ1) is 18.9. The van der Waals surface area contributed by atoms with Crippen molar-refractivity contribution in [3.63, 3.8) is 0 Å². The summed E-state index contributed by atoms with van der Waals surface area (Å²) in [5.74, 6) is 1.44. The number of nitrogens with zero attached hydrogens (tertiary/aromatic N) is 2. The van der Waals surface area contributed by atoms with Crippen LogP contribution in [0.25, 0.3) is 10.9 Å². The molecule has 6 heteroatoms. The fraction of sp³-hybridized carbons (Fsp3) is 0.455. The lowest BCUT2D eigenvalue weighted by atomic mass is 9.73. The summed E-state index contributed by atoms with van der Waals surface area (Å²) in [5.41, 5.74) is 7.31. The number of methoxy groups -OCH3 is 1. The molecule has 2 bridgehead atoms. The van der Waals surface area contributed by atoms with Crippen molar-refractivity contribution in [3.8, 4) is 5.75 Å². The van der Waals surface area contributed by atoms with E-state index in [2.05, 4.69) is 22.5 Å². The van der Waals surface area contributed by atoms with Crippen LogP contribution in [0.15, 0.2) is 43.1 Å². The van der Waals surface area contributed by atoms with Gasteiger partial charge < -0.3 is 15.2 Å². The van der Waals surface area contributed by atoms with Crippen LogP contribution < -0.4 is 10.5 Å². The summed E-state index contributed by atoms with van der Waals surface area (Å²) in [7, 11) is 1.65. The van der Waals surface area contributed by atoms with Gasteiger partial charge in [0, 0.05) is 24.2 Å². The van der Waals surface area contributed by atoms with Crippen LogP contribution in [-0.2, 0) is 9.53 Å². The third-order valence-corrected chi connectivity index (χ3v) is 6.20.